The largest absolute Gasteiger partial charge is 0.394 e. The molecule has 0 aliphatic heterocycles. The van der Waals surface area contributed by atoms with Gasteiger partial charge in [0.15, 0.2) is 0 Å². The smallest absolute Gasteiger partial charge is 0.0864 e. The highest BCUT2D eigenvalue weighted by Gasteiger charge is 2.02. The van der Waals surface area contributed by atoms with Crippen LogP contribution in [0.15, 0.2) is 33.6 Å². The minimum absolute atomic E-state index is 0.180. The van der Waals surface area contributed by atoms with Crippen molar-refractivity contribution in [3.05, 3.63) is 28.7 Å². The van der Waals surface area contributed by atoms with E-state index < -0.39 is 6.10 Å². The Morgan fingerprint density at radius 2 is 2.23 bits per heavy atom. The number of aliphatic hydroxyl groups excluding tert-OH is 2. The Hall–Kier alpha value is -0.0300. The maximum atomic E-state index is 9.11. The number of halogens is 1. The topological polar surface area (TPSA) is 40.5 Å². The molecule has 0 amide bonds. The standard InChI is InChI=1S/C9H11BrO2S/c10-7-2-1-3-9(4-7)13-6-8(12)5-11/h1-4,8,11-12H,5-6H2. The van der Waals surface area contributed by atoms with Crippen LogP contribution in [-0.2, 0) is 0 Å². The third-order valence-electron chi connectivity index (χ3n) is 1.45. The van der Waals surface area contributed by atoms with E-state index in [4.69, 9.17) is 10.2 Å². The molecule has 0 aliphatic carbocycles. The lowest BCUT2D eigenvalue weighted by Gasteiger charge is -2.06. The molecular weight excluding hydrogens is 252 g/mol. The molecule has 1 unspecified atom stereocenters. The lowest BCUT2D eigenvalue weighted by atomic mass is 10.4. The molecule has 2 N–H and O–H groups in total. The molecule has 1 rings (SSSR count). The highest BCUT2D eigenvalue weighted by Crippen LogP contribution is 2.22. The molecule has 72 valence electrons. The Labute approximate surface area is 90.1 Å². The fraction of sp³-hybridized carbons (Fsp3) is 0.333. The molecule has 1 atom stereocenters. The molecular formula is C9H11BrO2S. The van der Waals surface area contributed by atoms with Gasteiger partial charge in [-0.2, -0.15) is 0 Å². The van der Waals surface area contributed by atoms with E-state index in [-0.39, 0.29) is 6.61 Å². The Kier molecular flexibility index (Phi) is 4.80. The molecule has 0 spiro atoms. The third kappa shape index (κ3) is 4.13. The van der Waals surface area contributed by atoms with E-state index in [0.29, 0.717) is 5.75 Å². The fourth-order valence-electron chi connectivity index (χ4n) is 0.802. The summed E-state index contributed by atoms with van der Waals surface area (Å²) in [5.41, 5.74) is 0. The molecule has 0 bridgehead atoms. The van der Waals surface area contributed by atoms with Crippen molar-refractivity contribution in [3.8, 4) is 0 Å². The molecule has 0 saturated heterocycles. The van der Waals surface area contributed by atoms with Gasteiger partial charge in [0.1, 0.15) is 0 Å². The lowest BCUT2D eigenvalue weighted by molar-refractivity contribution is 0.113. The highest BCUT2D eigenvalue weighted by molar-refractivity contribution is 9.10. The van der Waals surface area contributed by atoms with Gasteiger partial charge in [0, 0.05) is 15.1 Å². The first kappa shape index (κ1) is 11.0. The van der Waals surface area contributed by atoms with Crippen LogP contribution in [0, 0.1) is 0 Å². The highest BCUT2D eigenvalue weighted by atomic mass is 79.9. The Morgan fingerprint density at radius 3 is 2.85 bits per heavy atom. The summed E-state index contributed by atoms with van der Waals surface area (Å²) in [4.78, 5) is 1.09. The molecule has 0 aliphatic rings. The van der Waals surface area contributed by atoms with Crippen molar-refractivity contribution >= 4 is 27.7 Å². The average Bonchev–Trinajstić information content (AvgIpc) is 2.14. The number of rotatable bonds is 4. The molecule has 1 aromatic rings. The Balaban J connectivity index is 2.45. The summed E-state index contributed by atoms with van der Waals surface area (Å²) >= 11 is 4.89. The van der Waals surface area contributed by atoms with Crippen molar-refractivity contribution < 1.29 is 10.2 Å². The van der Waals surface area contributed by atoms with E-state index in [2.05, 4.69) is 15.9 Å². The quantitative estimate of drug-likeness (QED) is 0.815. The van der Waals surface area contributed by atoms with Crippen molar-refractivity contribution in [1.82, 2.24) is 0 Å². The molecule has 0 saturated carbocycles. The van der Waals surface area contributed by atoms with Crippen LogP contribution < -0.4 is 0 Å². The molecule has 2 nitrogen and oxygen atoms in total. The van der Waals surface area contributed by atoms with E-state index >= 15 is 0 Å². The zero-order valence-electron chi connectivity index (χ0n) is 6.98. The average molecular weight is 263 g/mol. The van der Waals surface area contributed by atoms with E-state index in [9.17, 15) is 0 Å². The summed E-state index contributed by atoms with van der Waals surface area (Å²) in [6.45, 7) is -0.180. The van der Waals surface area contributed by atoms with Crippen LogP contribution in [0.3, 0.4) is 0 Å². The number of aliphatic hydroxyl groups is 2. The summed E-state index contributed by atoms with van der Waals surface area (Å²) in [5.74, 6) is 0.521. The first-order valence-corrected chi connectivity index (χ1v) is 5.67. The monoisotopic (exact) mass is 262 g/mol. The minimum Gasteiger partial charge on any atom is -0.394 e. The number of hydrogen-bond acceptors (Lipinski definition) is 3. The first-order chi connectivity index (χ1) is 6.22. The van der Waals surface area contributed by atoms with Crippen LogP contribution >= 0.6 is 27.7 Å². The summed E-state index contributed by atoms with van der Waals surface area (Å²) in [7, 11) is 0. The minimum atomic E-state index is -0.635. The molecule has 4 heteroatoms. The van der Waals surface area contributed by atoms with Gasteiger partial charge in [-0.25, -0.2) is 0 Å². The van der Waals surface area contributed by atoms with Gasteiger partial charge in [0.25, 0.3) is 0 Å². The van der Waals surface area contributed by atoms with Crippen molar-refractivity contribution in [2.24, 2.45) is 0 Å². The summed E-state index contributed by atoms with van der Waals surface area (Å²) < 4.78 is 1.02. The van der Waals surface area contributed by atoms with Crippen molar-refractivity contribution in [3.63, 3.8) is 0 Å². The van der Waals surface area contributed by atoms with Crippen LogP contribution in [0.4, 0.5) is 0 Å². The molecule has 0 heterocycles. The Morgan fingerprint density at radius 1 is 1.46 bits per heavy atom. The van der Waals surface area contributed by atoms with Crippen molar-refractivity contribution in [2.45, 2.75) is 11.0 Å². The van der Waals surface area contributed by atoms with Crippen LogP contribution in [0.2, 0.25) is 0 Å². The molecule has 1 aromatic carbocycles. The second-order valence-electron chi connectivity index (χ2n) is 2.60. The van der Waals surface area contributed by atoms with Gasteiger partial charge in [0.2, 0.25) is 0 Å². The molecule has 13 heavy (non-hydrogen) atoms. The SMILES string of the molecule is OCC(O)CSc1cccc(Br)c1. The van der Waals surface area contributed by atoms with Crippen molar-refractivity contribution in [2.75, 3.05) is 12.4 Å². The second-order valence-corrected chi connectivity index (χ2v) is 4.61. The van der Waals surface area contributed by atoms with Gasteiger partial charge in [-0.3, -0.25) is 0 Å². The van der Waals surface area contributed by atoms with Gasteiger partial charge in [0.05, 0.1) is 12.7 Å². The fourth-order valence-corrected chi connectivity index (χ4v) is 2.23. The van der Waals surface area contributed by atoms with Gasteiger partial charge in [-0.1, -0.05) is 22.0 Å². The lowest BCUT2D eigenvalue weighted by Crippen LogP contribution is -2.14. The van der Waals surface area contributed by atoms with Gasteiger partial charge < -0.3 is 10.2 Å². The van der Waals surface area contributed by atoms with Crippen molar-refractivity contribution in [1.29, 1.82) is 0 Å². The van der Waals surface area contributed by atoms with Crippen LogP contribution in [0.5, 0.6) is 0 Å². The summed E-state index contributed by atoms with van der Waals surface area (Å²) in [6.07, 6.45) is -0.635. The maximum absolute atomic E-state index is 9.11. The maximum Gasteiger partial charge on any atom is 0.0864 e. The van der Waals surface area contributed by atoms with Gasteiger partial charge in [-0.15, -0.1) is 11.8 Å². The van der Waals surface area contributed by atoms with Crippen LogP contribution in [0.1, 0.15) is 0 Å². The zero-order valence-corrected chi connectivity index (χ0v) is 9.38. The number of thioether (sulfide) groups is 1. The van der Waals surface area contributed by atoms with E-state index in [1.54, 1.807) is 0 Å². The number of hydrogen-bond donors (Lipinski definition) is 2. The third-order valence-corrected chi connectivity index (χ3v) is 3.08. The molecule has 0 radical (unpaired) electrons. The van der Waals surface area contributed by atoms with E-state index in [1.807, 2.05) is 24.3 Å². The van der Waals surface area contributed by atoms with Gasteiger partial charge >= 0.3 is 0 Å². The first-order valence-electron chi connectivity index (χ1n) is 3.89. The normalized spacial score (nSPS) is 12.8. The molecule has 0 aromatic heterocycles. The number of benzene rings is 1. The van der Waals surface area contributed by atoms with E-state index in [1.165, 1.54) is 11.8 Å². The predicted molar refractivity (Wildman–Crippen MR) is 58.0 cm³/mol. The Bertz CT molecular complexity index is 268. The summed E-state index contributed by atoms with van der Waals surface area (Å²) in [5, 5.41) is 17.7. The van der Waals surface area contributed by atoms with E-state index in [0.717, 1.165) is 9.37 Å². The second kappa shape index (κ2) is 5.65. The molecule has 0 fully saturated rings. The zero-order chi connectivity index (χ0) is 9.68. The van der Waals surface area contributed by atoms with Crippen LogP contribution in [0.25, 0.3) is 0 Å². The van der Waals surface area contributed by atoms with Crippen LogP contribution in [-0.4, -0.2) is 28.7 Å². The van der Waals surface area contributed by atoms with Gasteiger partial charge in [-0.05, 0) is 18.2 Å². The summed E-state index contributed by atoms with van der Waals surface area (Å²) in [6, 6.07) is 7.85. The predicted octanol–water partition coefficient (Wildman–Crippen LogP) is 1.89.